The van der Waals surface area contributed by atoms with Crippen molar-refractivity contribution in [3.05, 3.63) is 48.2 Å². The lowest BCUT2D eigenvalue weighted by Gasteiger charge is -2.34. The van der Waals surface area contributed by atoms with E-state index in [9.17, 15) is 4.79 Å². The highest BCUT2D eigenvalue weighted by atomic mass is 16.3. The first-order valence-corrected chi connectivity index (χ1v) is 9.89. The van der Waals surface area contributed by atoms with Crippen molar-refractivity contribution in [2.24, 2.45) is 5.73 Å². The van der Waals surface area contributed by atoms with Crippen molar-refractivity contribution >= 4 is 27.6 Å². The molecule has 5 heteroatoms. The molecule has 0 aliphatic carbocycles. The van der Waals surface area contributed by atoms with Crippen LogP contribution in [0.25, 0.3) is 21.7 Å². The van der Waals surface area contributed by atoms with Gasteiger partial charge in [0.15, 0.2) is 5.76 Å². The van der Waals surface area contributed by atoms with Gasteiger partial charge in [-0.2, -0.15) is 0 Å². The molecule has 0 bridgehead atoms. The minimum absolute atomic E-state index is 0.00601. The number of nitrogens with two attached hydrogens (primary N) is 1. The number of furan rings is 1. The van der Waals surface area contributed by atoms with Gasteiger partial charge in [0, 0.05) is 30.6 Å². The number of fused-ring (bicyclic) bond motifs is 3. The zero-order chi connectivity index (χ0) is 18.4. The summed E-state index contributed by atoms with van der Waals surface area (Å²) in [6.45, 7) is 3.67. The number of amides is 1. The number of benzene rings is 2. The minimum Gasteiger partial charge on any atom is -0.451 e. The maximum absolute atomic E-state index is 13.0. The Labute approximate surface area is 158 Å². The Morgan fingerprint density at radius 3 is 2.67 bits per heavy atom. The van der Waals surface area contributed by atoms with E-state index in [0.717, 1.165) is 67.2 Å². The number of carbonyl (C=O) groups is 1. The Hall–Kier alpha value is -2.37. The van der Waals surface area contributed by atoms with Crippen LogP contribution in [0.1, 0.15) is 29.8 Å². The van der Waals surface area contributed by atoms with Gasteiger partial charge in [0.2, 0.25) is 0 Å². The summed E-state index contributed by atoms with van der Waals surface area (Å²) in [6.07, 6.45) is 3.15. The van der Waals surface area contributed by atoms with E-state index in [1.807, 2.05) is 35.2 Å². The van der Waals surface area contributed by atoms with E-state index in [1.54, 1.807) is 0 Å². The number of nitrogens with zero attached hydrogens (tertiary/aromatic N) is 2. The fraction of sp³-hybridized carbons (Fsp3) is 0.409. The molecule has 2 saturated heterocycles. The molecule has 0 spiro atoms. The quantitative estimate of drug-likeness (QED) is 0.759. The molecule has 2 aliphatic rings. The van der Waals surface area contributed by atoms with E-state index < -0.39 is 0 Å². The van der Waals surface area contributed by atoms with Crippen molar-refractivity contribution in [2.75, 3.05) is 26.2 Å². The van der Waals surface area contributed by atoms with Gasteiger partial charge in [0.05, 0.1) is 0 Å². The van der Waals surface area contributed by atoms with Crippen molar-refractivity contribution in [2.45, 2.75) is 31.3 Å². The first kappa shape index (κ1) is 16.8. The van der Waals surface area contributed by atoms with Crippen molar-refractivity contribution in [1.82, 2.24) is 9.80 Å². The van der Waals surface area contributed by atoms with E-state index in [-0.39, 0.29) is 5.91 Å². The first-order chi connectivity index (χ1) is 13.2. The molecule has 2 aliphatic heterocycles. The molecular weight excluding hydrogens is 338 g/mol. The molecule has 1 aromatic heterocycles. The molecule has 3 heterocycles. The summed E-state index contributed by atoms with van der Waals surface area (Å²) in [5, 5.41) is 3.30. The van der Waals surface area contributed by atoms with Crippen LogP contribution in [0.4, 0.5) is 0 Å². The second kappa shape index (κ2) is 6.66. The molecular formula is C22H25N3O2. The number of hydrogen-bond acceptors (Lipinski definition) is 4. The van der Waals surface area contributed by atoms with Gasteiger partial charge < -0.3 is 15.1 Å². The molecule has 140 valence electrons. The van der Waals surface area contributed by atoms with Gasteiger partial charge >= 0.3 is 0 Å². The molecule has 2 fully saturated rings. The average Bonchev–Trinajstić information content (AvgIpc) is 3.35. The second-order valence-corrected chi connectivity index (χ2v) is 7.88. The van der Waals surface area contributed by atoms with Crippen LogP contribution < -0.4 is 5.73 Å². The lowest BCUT2D eigenvalue weighted by molar-refractivity contribution is 0.0741. The number of hydrogen-bond donors (Lipinski definition) is 1. The highest BCUT2D eigenvalue weighted by Gasteiger charge is 2.33. The molecule has 1 atom stereocenters. The Morgan fingerprint density at radius 1 is 1.00 bits per heavy atom. The summed E-state index contributed by atoms with van der Waals surface area (Å²) in [6, 6.07) is 14.9. The summed E-state index contributed by atoms with van der Waals surface area (Å²) in [5.74, 6) is 0.453. The maximum atomic E-state index is 13.0. The maximum Gasteiger partial charge on any atom is 0.289 e. The Morgan fingerprint density at radius 2 is 1.81 bits per heavy atom. The van der Waals surface area contributed by atoms with Gasteiger partial charge in [-0.25, -0.2) is 0 Å². The summed E-state index contributed by atoms with van der Waals surface area (Å²) >= 11 is 0. The lowest BCUT2D eigenvalue weighted by atomic mass is 10.0. The van der Waals surface area contributed by atoms with Gasteiger partial charge in [-0.05, 0) is 55.3 Å². The molecule has 5 nitrogen and oxygen atoms in total. The van der Waals surface area contributed by atoms with E-state index >= 15 is 0 Å². The second-order valence-electron chi connectivity index (χ2n) is 7.88. The molecule has 1 amide bonds. The number of piperidine rings is 1. The van der Waals surface area contributed by atoms with E-state index in [1.165, 1.54) is 0 Å². The smallest absolute Gasteiger partial charge is 0.289 e. The van der Waals surface area contributed by atoms with E-state index in [2.05, 4.69) is 17.0 Å². The van der Waals surface area contributed by atoms with Gasteiger partial charge in [-0.15, -0.1) is 0 Å². The number of carbonyl (C=O) groups excluding carboxylic acids is 1. The van der Waals surface area contributed by atoms with E-state index in [0.29, 0.717) is 17.8 Å². The van der Waals surface area contributed by atoms with Crippen LogP contribution in [0.15, 0.2) is 46.9 Å². The largest absolute Gasteiger partial charge is 0.451 e. The van der Waals surface area contributed by atoms with Gasteiger partial charge in [-0.3, -0.25) is 9.69 Å². The standard InChI is InChI=1S/C22H25N3O2/c23-16-7-10-24(11-8-16)17-9-12-25(14-17)22(26)21-13-19-18-4-2-1-3-15(18)5-6-20(19)27-21/h1-6,13,16-17H,7-12,14,23H2. The summed E-state index contributed by atoms with van der Waals surface area (Å²) in [7, 11) is 0. The van der Waals surface area contributed by atoms with Crippen molar-refractivity contribution in [3.63, 3.8) is 0 Å². The van der Waals surface area contributed by atoms with Gasteiger partial charge in [-0.1, -0.05) is 30.3 Å². The topological polar surface area (TPSA) is 62.7 Å². The molecule has 5 rings (SSSR count). The molecule has 27 heavy (non-hydrogen) atoms. The fourth-order valence-electron chi connectivity index (χ4n) is 4.56. The molecule has 0 saturated carbocycles. The molecule has 3 aromatic rings. The van der Waals surface area contributed by atoms with Crippen molar-refractivity contribution in [3.8, 4) is 0 Å². The summed E-state index contributed by atoms with van der Waals surface area (Å²) in [5.41, 5.74) is 6.80. The van der Waals surface area contributed by atoms with Crippen LogP contribution in [0.2, 0.25) is 0 Å². The van der Waals surface area contributed by atoms with Crippen LogP contribution in [0, 0.1) is 0 Å². The molecule has 0 radical (unpaired) electrons. The Balaban J connectivity index is 1.36. The molecule has 2 aromatic carbocycles. The Bertz CT molecular complexity index is 988. The van der Waals surface area contributed by atoms with Crippen LogP contribution in [0.3, 0.4) is 0 Å². The number of likely N-dealkylation sites (tertiary alicyclic amines) is 2. The zero-order valence-corrected chi connectivity index (χ0v) is 15.4. The van der Waals surface area contributed by atoms with Crippen LogP contribution in [0.5, 0.6) is 0 Å². The average molecular weight is 363 g/mol. The molecule has 1 unspecified atom stereocenters. The zero-order valence-electron chi connectivity index (χ0n) is 15.4. The SMILES string of the molecule is NC1CCN(C2CCN(C(=O)c3cc4c(ccc5ccccc54)o3)C2)CC1. The lowest BCUT2D eigenvalue weighted by Crippen LogP contribution is -2.46. The van der Waals surface area contributed by atoms with Gasteiger partial charge in [0.25, 0.3) is 5.91 Å². The van der Waals surface area contributed by atoms with Crippen molar-refractivity contribution in [1.29, 1.82) is 0 Å². The monoisotopic (exact) mass is 363 g/mol. The highest BCUT2D eigenvalue weighted by molar-refractivity contribution is 6.08. The predicted octanol–water partition coefficient (Wildman–Crippen LogP) is 3.22. The third-order valence-electron chi connectivity index (χ3n) is 6.18. The summed E-state index contributed by atoms with van der Waals surface area (Å²) in [4.78, 5) is 17.5. The third-order valence-corrected chi connectivity index (χ3v) is 6.18. The van der Waals surface area contributed by atoms with E-state index in [4.69, 9.17) is 10.2 Å². The Kier molecular flexibility index (Phi) is 4.14. The fourth-order valence-corrected chi connectivity index (χ4v) is 4.56. The van der Waals surface area contributed by atoms with Crippen molar-refractivity contribution < 1.29 is 9.21 Å². The third kappa shape index (κ3) is 3.01. The first-order valence-electron chi connectivity index (χ1n) is 9.89. The van der Waals surface area contributed by atoms with Crippen LogP contribution in [-0.4, -0.2) is 54.0 Å². The predicted molar refractivity (Wildman–Crippen MR) is 107 cm³/mol. The normalized spacial score (nSPS) is 22.1. The summed E-state index contributed by atoms with van der Waals surface area (Å²) < 4.78 is 5.92. The van der Waals surface area contributed by atoms with Gasteiger partial charge in [0.1, 0.15) is 5.58 Å². The number of rotatable bonds is 2. The van der Waals surface area contributed by atoms with Crippen LogP contribution >= 0.6 is 0 Å². The van der Waals surface area contributed by atoms with Crippen LogP contribution in [-0.2, 0) is 0 Å². The molecule has 2 N–H and O–H groups in total. The highest BCUT2D eigenvalue weighted by Crippen LogP contribution is 2.29. The minimum atomic E-state index is 0.00601.